The fourth-order valence-corrected chi connectivity index (χ4v) is 4.11. The Morgan fingerprint density at radius 1 is 1.03 bits per heavy atom. The first-order chi connectivity index (χ1) is 16.0. The van der Waals surface area contributed by atoms with E-state index in [1.807, 2.05) is 60.7 Å². The van der Waals surface area contributed by atoms with Crippen molar-refractivity contribution in [2.45, 2.75) is 6.61 Å². The van der Waals surface area contributed by atoms with Gasteiger partial charge in [0.15, 0.2) is 0 Å². The summed E-state index contributed by atoms with van der Waals surface area (Å²) in [6.07, 6.45) is 1.55. The standard InChI is InChI=1S/C27H18BrIN2O2/c28-22-8-13-26(33-17-19-6-3-5-18-4-1-2-7-25(18)19)20(15-22)14-21(16-30)27(32)31-24-11-9-23(29)10-12-24/h1-15H,17H2,(H,31,32)/b21-14-. The number of carbonyl (C=O) groups excluding carboxylic acids is 1. The molecule has 0 aromatic heterocycles. The number of halogens is 2. The van der Waals surface area contributed by atoms with E-state index in [2.05, 4.69) is 62.0 Å². The molecule has 4 aromatic carbocycles. The molecule has 33 heavy (non-hydrogen) atoms. The van der Waals surface area contributed by atoms with Crippen molar-refractivity contribution in [1.82, 2.24) is 0 Å². The highest BCUT2D eigenvalue weighted by molar-refractivity contribution is 14.1. The number of hydrogen-bond donors (Lipinski definition) is 1. The molecule has 0 aliphatic rings. The number of nitrogens with one attached hydrogen (secondary N) is 1. The van der Waals surface area contributed by atoms with Crippen LogP contribution in [0.5, 0.6) is 5.75 Å². The Bertz CT molecular complexity index is 1390. The van der Waals surface area contributed by atoms with Crippen molar-refractivity contribution in [2.75, 3.05) is 5.32 Å². The Hall–Kier alpha value is -3.15. The maximum absolute atomic E-state index is 12.7. The highest BCUT2D eigenvalue weighted by atomic mass is 127. The number of anilines is 1. The fraction of sp³-hybridized carbons (Fsp3) is 0.0370. The molecule has 162 valence electrons. The molecule has 0 unspecified atom stereocenters. The van der Waals surface area contributed by atoms with Crippen molar-refractivity contribution in [1.29, 1.82) is 5.26 Å². The molecule has 0 spiro atoms. The molecule has 0 bridgehead atoms. The zero-order valence-corrected chi connectivity index (χ0v) is 21.1. The minimum atomic E-state index is -0.473. The minimum absolute atomic E-state index is 0.0124. The van der Waals surface area contributed by atoms with Gasteiger partial charge in [0, 0.05) is 19.3 Å². The van der Waals surface area contributed by atoms with E-state index >= 15 is 0 Å². The Labute approximate surface area is 214 Å². The Morgan fingerprint density at radius 2 is 1.79 bits per heavy atom. The molecule has 4 nitrogen and oxygen atoms in total. The van der Waals surface area contributed by atoms with Gasteiger partial charge in [-0.05, 0) is 87.5 Å². The normalized spacial score (nSPS) is 11.1. The predicted octanol–water partition coefficient (Wildman–Crippen LogP) is 7.33. The first-order valence-corrected chi connectivity index (χ1v) is 12.0. The molecule has 1 N–H and O–H groups in total. The Morgan fingerprint density at radius 3 is 2.58 bits per heavy atom. The third-order valence-electron chi connectivity index (χ3n) is 5.00. The molecular formula is C27H18BrIN2O2. The number of ether oxygens (including phenoxy) is 1. The lowest BCUT2D eigenvalue weighted by Crippen LogP contribution is -2.13. The zero-order valence-electron chi connectivity index (χ0n) is 17.4. The van der Waals surface area contributed by atoms with Crippen LogP contribution in [0.4, 0.5) is 5.69 Å². The van der Waals surface area contributed by atoms with Crippen molar-refractivity contribution in [3.05, 3.63) is 110 Å². The molecule has 0 aliphatic heterocycles. The van der Waals surface area contributed by atoms with Crippen molar-refractivity contribution in [2.24, 2.45) is 0 Å². The summed E-state index contributed by atoms with van der Waals surface area (Å²) in [5, 5.41) is 14.7. The number of rotatable bonds is 6. The van der Waals surface area contributed by atoms with Gasteiger partial charge in [0.05, 0.1) is 0 Å². The van der Waals surface area contributed by atoms with Crippen LogP contribution in [0.15, 0.2) is 95.0 Å². The van der Waals surface area contributed by atoms with Crippen molar-refractivity contribution < 1.29 is 9.53 Å². The molecule has 1 amide bonds. The van der Waals surface area contributed by atoms with Gasteiger partial charge in [-0.15, -0.1) is 0 Å². The van der Waals surface area contributed by atoms with Gasteiger partial charge < -0.3 is 10.1 Å². The highest BCUT2D eigenvalue weighted by Crippen LogP contribution is 2.28. The topological polar surface area (TPSA) is 62.1 Å². The number of nitrogens with zero attached hydrogens (tertiary/aromatic N) is 1. The Balaban J connectivity index is 1.59. The third kappa shape index (κ3) is 5.81. The van der Waals surface area contributed by atoms with Crippen LogP contribution in [0.25, 0.3) is 16.8 Å². The monoisotopic (exact) mass is 608 g/mol. The second-order valence-corrected chi connectivity index (χ2v) is 9.40. The molecule has 0 fully saturated rings. The van der Waals surface area contributed by atoms with Crippen LogP contribution < -0.4 is 10.1 Å². The van der Waals surface area contributed by atoms with E-state index in [0.29, 0.717) is 23.6 Å². The lowest BCUT2D eigenvalue weighted by atomic mass is 10.1. The summed E-state index contributed by atoms with van der Waals surface area (Å²) in [6, 6.07) is 29.2. The van der Waals surface area contributed by atoms with Crippen LogP contribution in [0.1, 0.15) is 11.1 Å². The molecule has 0 radical (unpaired) electrons. The minimum Gasteiger partial charge on any atom is -0.488 e. The Kier molecular flexibility index (Phi) is 7.43. The number of benzene rings is 4. The van der Waals surface area contributed by atoms with Gasteiger partial charge in [-0.25, -0.2) is 0 Å². The van der Waals surface area contributed by atoms with Crippen molar-refractivity contribution in [3.8, 4) is 11.8 Å². The molecule has 4 rings (SSSR count). The van der Waals surface area contributed by atoms with Crippen LogP contribution in [0.2, 0.25) is 0 Å². The smallest absolute Gasteiger partial charge is 0.266 e. The van der Waals surface area contributed by atoms with Crippen LogP contribution >= 0.6 is 38.5 Å². The first-order valence-electron chi connectivity index (χ1n) is 10.1. The fourth-order valence-electron chi connectivity index (χ4n) is 3.37. The van der Waals surface area contributed by atoms with E-state index in [1.165, 1.54) is 0 Å². The van der Waals surface area contributed by atoms with E-state index in [0.717, 1.165) is 24.4 Å². The average molecular weight is 609 g/mol. The summed E-state index contributed by atoms with van der Waals surface area (Å²) in [7, 11) is 0. The second-order valence-electron chi connectivity index (χ2n) is 7.24. The highest BCUT2D eigenvalue weighted by Gasteiger charge is 2.12. The number of fused-ring (bicyclic) bond motifs is 1. The molecular weight excluding hydrogens is 591 g/mol. The lowest BCUT2D eigenvalue weighted by molar-refractivity contribution is -0.112. The van der Waals surface area contributed by atoms with Gasteiger partial charge in [-0.1, -0.05) is 58.4 Å². The number of amides is 1. The van der Waals surface area contributed by atoms with E-state index in [-0.39, 0.29) is 5.57 Å². The summed E-state index contributed by atoms with van der Waals surface area (Å²) < 4.78 is 8.02. The third-order valence-corrected chi connectivity index (χ3v) is 6.21. The SMILES string of the molecule is N#C/C(=C/c1cc(Br)ccc1OCc1cccc2ccccc12)C(=O)Nc1ccc(I)cc1. The van der Waals surface area contributed by atoms with E-state index in [9.17, 15) is 10.1 Å². The lowest BCUT2D eigenvalue weighted by Gasteiger charge is -2.12. The summed E-state index contributed by atoms with van der Waals surface area (Å²) in [5.41, 5.74) is 2.31. The van der Waals surface area contributed by atoms with Gasteiger partial charge in [0.1, 0.15) is 24.0 Å². The summed E-state index contributed by atoms with van der Waals surface area (Å²) >= 11 is 5.66. The van der Waals surface area contributed by atoms with E-state index < -0.39 is 5.91 Å². The van der Waals surface area contributed by atoms with E-state index in [1.54, 1.807) is 18.2 Å². The summed E-state index contributed by atoms with van der Waals surface area (Å²) in [6.45, 7) is 0.362. The molecule has 0 heterocycles. The summed E-state index contributed by atoms with van der Waals surface area (Å²) in [5.74, 6) is 0.111. The molecule has 0 saturated carbocycles. The van der Waals surface area contributed by atoms with Crippen LogP contribution in [0, 0.1) is 14.9 Å². The van der Waals surface area contributed by atoms with Crippen molar-refractivity contribution in [3.63, 3.8) is 0 Å². The summed E-state index contributed by atoms with van der Waals surface area (Å²) in [4.78, 5) is 12.7. The van der Waals surface area contributed by atoms with Gasteiger partial charge in [-0.2, -0.15) is 5.26 Å². The number of hydrogen-bond acceptors (Lipinski definition) is 3. The largest absolute Gasteiger partial charge is 0.488 e. The number of nitriles is 1. The quantitative estimate of drug-likeness (QED) is 0.142. The second kappa shape index (κ2) is 10.6. The van der Waals surface area contributed by atoms with Gasteiger partial charge in [-0.3, -0.25) is 4.79 Å². The van der Waals surface area contributed by atoms with Gasteiger partial charge in [0.2, 0.25) is 0 Å². The first kappa shape index (κ1) is 23.0. The molecule has 0 aliphatic carbocycles. The molecule has 4 aromatic rings. The molecule has 0 saturated heterocycles. The average Bonchev–Trinajstić information content (AvgIpc) is 2.83. The molecule has 0 atom stereocenters. The van der Waals surface area contributed by atoms with Gasteiger partial charge in [0.25, 0.3) is 5.91 Å². The van der Waals surface area contributed by atoms with Gasteiger partial charge >= 0.3 is 0 Å². The molecule has 6 heteroatoms. The van der Waals surface area contributed by atoms with Crippen LogP contribution in [-0.2, 0) is 11.4 Å². The zero-order chi connectivity index (χ0) is 23.2. The van der Waals surface area contributed by atoms with E-state index in [4.69, 9.17) is 4.74 Å². The predicted molar refractivity (Wildman–Crippen MR) is 144 cm³/mol. The maximum atomic E-state index is 12.7. The van der Waals surface area contributed by atoms with Crippen LogP contribution in [-0.4, -0.2) is 5.91 Å². The maximum Gasteiger partial charge on any atom is 0.266 e. The van der Waals surface area contributed by atoms with Crippen molar-refractivity contribution >= 4 is 67.0 Å². The van der Waals surface area contributed by atoms with Crippen LogP contribution in [0.3, 0.4) is 0 Å². The number of carbonyl (C=O) groups is 1.